The van der Waals surface area contributed by atoms with E-state index in [-0.39, 0.29) is 23.3 Å². The van der Waals surface area contributed by atoms with Crippen molar-refractivity contribution < 1.29 is 4.39 Å². The monoisotopic (exact) mass is 488 g/mol. The van der Waals surface area contributed by atoms with Gasteiger partial charge in [-0.3, -0.25) is 9.69 Å². The van der Waals surface area contributed by atoms with Gasteiger partial charge in [-0.1, -0.05) is 51.0 Å². The highest BCUT2D eigenvalue weighted by Crippen LogP contribution is 2.35. The molecule has 5 rings (SSSR count). The van der Waals surface area contributed by atoms with Crippen LogP contribution < -0.4 is 5.56 Å². The van der Waals surface area contributed by atoms with Gasteiger partial charge >= 0.3 is 0 Å². The highest BCUT2D eigenvalue weighted by atomic mass is 19.1. The lowest BCUT2D eigenvalue weighted by Crippen LogP contribution is -2.35. The first-order valence-corrected chi connectivity index (χ1v) is 12.8. The van der Waals surface area contributed by atoms with Crippen molar-refractivity contribution in [3.63, 3.8) is 0 Å². The van der Waals surface area contributed by atoms with Crippen molar-refractivity contribution in [3.05, 3.63) is 87.2 Å². The average Bonchev–Trinajstić information content (AvgIpc) is 3.53. The average molecular weight is 489 g/mol. The molecule has 0 amide bonds. The molecule has 0 aliphatic heterocycles. The number of rotatable bonds is 8. The number of aromatic amines is 1. The Morgan fingerprint density at radius 1 is 1.08 bits per heavy atom. The molecule has 1 fully saturated rings. The quantitative estimate of drug-likeness (QED) is 0.355. The third-order valence-electron chi connectivity index (χ3n) is 7.23. The number of H-pyrrole nitrogens is 1. The van der Waals surface area contributed by atoms with Gasteiger partial charge in [0.1, 0.15) is 5.82 Å². The fourth-order valence-electron chi connectivity index (χ4n) is 5.46. The van der Waals surface area contributed by atoms with Crippen molar-refractivity contribution >= 4 is 10.9 Å². The molecule has 0 saturated heterocycles. The van der Waals surface area contributed by atoms with E-state index in [4.69, 9.17) is 0 Å². The van der Waals surface area contributed by atoms with E-state index >= 15 is 0 Å². The van der Waals surface area contributed by atoms with Crippen LogP contribution in [0.4, 0.5) is 4.39 Å². The molecule has 0 spiro atoms. The fourth-order valence-corrected chi connectivity index (χ4v) is 5.46. The maximum absolute atomic E-state index is 13.6. The smallest absolute Gasteiger partial charge is 0.252 e. The van der Waals surface area contributed by atoms with Gasteiger partial charge in [0, 0.05) is 24.2 Å². The number of fused-ring (bicyclic) bond motifs is 1. The number of aromatic nitrogens is 5. The van der Waals surface area contributed by atoms with Gasteiger partial charge in [-0.15, -0.1) is 5.10 Å². The maximum atomic E-state index is 13.6. The van der Waals surface area contributed by atoms with Crippen LogP contribution in [-0.2, 0) is 13.1 Å². The lowest BCUT2D eigenvalue weighted by molar-refractivity contribution is 0.123. The second-order valence-electron chi connectivity index (χ2n) is 10.4. The molecule has 1 aliphatic carbocycles. The number of tetrazole rings is 1. The van der Waals surface area contributed by atoms with Crippen molar-refractivity contribution in [2.45, 2.75) is 71.6 Å². The van der Waals surface area contributed by atoms with Gasteiger partial charge < -0.3 is 4.98 Å². The first-order valence-electron chi connectivity index (χ1n) is 12.8. The van der Waals surface area contributed by atoms with E-state index in [0.717, 1.165) is 40.7 Å². The minimum absolute atomic E-state index is 0.102. The number of halogens is 1. The van der Waals surface area contributed by atoms with Gasteiger partial charge in [0.2, 0.25) is 0 Å². The van der Waals surface area contributed by atoms with Crippen LogP contribution in [0.25, 0.3) is 10.9 Å². The van der Waals surface area contributed by atoms with Crippen molar-refractivity contribution in [3.8, 4) is 0 Å². The van der Waals surface area contributed by atoms with E-state index in [1.165, 1.54) is 25.0 Å². The summed E-state index contributed by atoms with van der Waals surface area (Å²) in [6.07, 6.45) is 4.51. The second kappa shape index (κ2) is 10.3. The zero-order chi connectivity index (χ0) is 25.2. The number of nitrogens with zero attached hydrogens (tertiary/aromatic N) is 5. The number of hydrogen-bond acceptors (Lipinski definition) is 5. The molecule has 2 heterocycles. The Labute approximate surface area is 210 Å². The number of benzene rings is 2. The zero-order valence-electron chi connectivity index (χ0n) is 21.1. The summed E-state index contributed by atoms with van der Waals surface area (Å²) in [5.74, 6) is 0.739. The molecule has 1 saturated carbocycles. The Kier molecular flexibility index (Phi) is 6.96. The molecule has 7 nitrogen and oxygen atoms in total. The SMILES string of the molecule is Cc1ccc2cc(CN(Cc3ccc(F)cc3)[C@@H](c3nnnn3C3CCCC3)C(C)C)c(=O)[nH]c2c1. The highest BCUT2D eigenvalue weighted by Gasteiger charge is 2.32. The van der Waals surface area contributed by atoms with Crippen LogP contribution in [0.3, 0.4) is 0 Å². The lowest BCUT2D eigenvalue weighted by Gasteiger charge is -2.34. The first-order chi connectivity index (χ1) is 17.4. The normalized spacial score (nSPS) is 15.4. The molecule has 4 aromatic rings. The van der Waals surface area contributed by atoms with Gasteiger partial charge in [0.05, 0.1) is 12.1 Å². The number of hydrogen-bond donors (Lipinski definition) is 1. The van der Waals surface area contributed by atoms with Gasteiger partial charge in [-0.25, -0.2) is 9.07 Å². The third kappa shape index (κ3) is 5.09. The van der Waals surface area contributed by atoms with E-state index < -0.39 is 0 Å². The van der Waals surface area contributed by atoms with E-state index in [1.807, 2.05) is 35.9 Å². The number of aryl methyl sites for hydroxylation is 1. The van der Waals surface area contributed by atoms with E-state index in [0.29, 0.717) is 24.7 Å². The molecule has 8 heteroatoms. The van der Waals surface area contributed by atoms with Crippen molar-refractivity contribution in [1.82, 2.24) is 30.1 Å². The molecule has 0 bridgehead atoms. The number of nitrogens with one attached hydrogen (secondary N) is 1. The van der Waals surface area contributed by atoms with Crippen LogP contribution in [0, 0.1) is 18.7 Å². The maximum Gasteiger partial charge on any atom is 0.252 e. The van der Waals surface area contributed by atoms with Crippen LogP contribution in [0.5, 0.6) is 0 Å². The zero-order valence-corrected chi connectivity index (χ0v) is 21.1. The minimum atomic E-state index is -0.267. The molecule has 1 N–H and O–H groups in total. The molecule has 0 radical (unpaired) electrons. The topological polar surface area (TPSA) is 79.7 Å². The lowest BCUT2D eigenvalue weighted by atomic mass is 9.99. The van der Waals surface area contributed by atoms with Crippen molar-refractivity contribution in [2.24, 2.45) is 5.92 Å². The van der Waals surface area contributed by atoms with Gasteiger partial charge in [0.25, 0.3) is 5.56 Å². The molecule has 1 aliphatic rings. The highest BCUT2D eigenvalue weighted by molar-refractivity contribution is 5.79. The van der Waals surface area contributed by atoms with E-state index in [9.17, 15) is 9.18 Å². The van der Waals surface area contributed by atoms with Crippen LogP contribution >= 0.6 is 0 Å². The molecular formula is C28H33FN6O. The van der Waals surface area contributed by atoms with E-state index in [2.05, 4.69) is 39.3 Å². The second-order valence-corrected chi connectivity index (χ2v) is 10.4. The Morgan fingerprint density at radius 3 is 2.56 bits per heavy atom. The van der Waals surface area contributed by atoms with Crippen LogP contribution in [-0.4, -0.2) is 30.1 Å². The number of pyridine rings is 1. The summed E-state index contributed by atoms with van der Waals surface area (Å²) in [6.45, 7) is 7.27. The summed E-state index contributed by atoms with van der Waals surface area (Å²) in [6, 6.07) is 14.8. The molecule has 1 atom stereocenters. The summed E-state index contributed by atoms with van der Waals surface area (Å²) in [4.78, 5) is 18.5. The van der Waals surface area contributed by atoms with Gasteiger partial charge in [0.15, 0.2) is 5.82 Å². The van der Waals surface area contributed by atoms with Crippen molar-refractivity contribution in [2.75, 3.05) is 0 Å². The van der Waals surface area contributed by atoms with Gasteiger partial charge in [-0.05, 0) is 76.9 Å². The molecule has 0 unspecified atom stereocenters. The molecular weight excluding hydrogens is 455 g/mol. The standard InChI is InChI=1S/C28H33FN6O/c1-18(2)26(27-31-32-33-35(27)24-6-4-5-7-24)34(16-20-9-12-23(29)13-10-20)17-22-15-21-11-8-19(3)14-25(21)30-28(22)36/h8-15,18,24,26H,4-7,16-17H2,1-3H3,(H,30,36)/t26-/m1/s1. The Bertz CT molecular complexity index is 1390. The third-order valence-corrected chi connectivity index (χ3v) is 7.23. The molecule has 2 aromatic heterocycles. The first kappa shape index (κ1) is 24.3. The molecule has 2 aromatic carbocycles. The van der Waals surface area contributed by atoms with Gasteiger partial charge in [-0.2, -0.15) is 0 Å². The van der Waals surface area contributed by atoms with Crippen LogP contribution in [0.1, 0.15) is 74.1 Å². The Hall–Kier alpha value is -3.39. The summed E-state index contributed by atoms with van der Waals surface area (Å²) in [5, 5.41) is 13.9. The summed E-state index contributed by atoms with van der Waals surface area (Å²) >= 11 is 0. The van der Waals surface area contributed by atoms with Crippen molar-refractivity contribution in [1.29, 1.82) is 0 Å². The van der Waals surface area contributed by atoms with Crippen LogP contribution in [0.15, 0.2) is 53.3 Å². The largest absolute Gasteiger partial charge is 0.322 e. The summed E-state index contributed by atoms with van der Waals surface area (Å²) in [5.41, 5.74) is 3.48. The van der Waals surface area contributed by atoms with Crippen LogP contribution in [0.2, 0.25) is 0 Å². The molecule has 36 heavy (non-hydrogen) atoms. The predicted molar refractivity (Wildman–Crippen MR) is 138 cm³/mol. The summed E-state index contributed by atoms with van der Waals surface area (Å²) < 4.78 is 15.7. The molecule has 188 valence electrons. The Morgan fingerprint density at radius 2 is 1.83 bits per heavy atom. The predicted octanol–water partition coefficient (Wildman–Crippen LogP) is 5.48. The summed E-state index contributed by atoms with van der Waals surface area (Å²) in [7, 11) is 0. The Balaban J connectivity index is 1.56. The van der Waals surface area contributed by atoms with E-state index in [1.54, 1.807) is 12.1 Å². The fraction of sp³-hybridized carbons (Fsp3) is 0.429. The minimum Gasteiger partial charge on any atom is -0.322 e.